The number of rotatable bonds is 4. The van der Waals surface area contributed by atoms with Crippen molar-refractivity contribution >= 4 is 11.9 Å². The fourth-order valence-electron chi connectivity index (χ4n) is 1.14. The number of carboxylic acid groups (broad SMARTS) is 1. The first-order valence-electron chi connectivity index (χ1n) is 4.17. The van der Waals surface area contributed by atoms with Crippen LogP contribution >= 0.6 is 0 Å². The van der Waals surface area contributed by atoms with Crippen LogP contribution in [0.4, 0.5) is 0 Å². The van der Waals surface area contributed by atoms with E-state index in [1.807, 2.05) is 6.92 Å². The minimum atomic E-state index is -0.855. The van der Waals surface area contributed by atoms with Crippen molar-refractivity contribution in [3.63, 3.8) is 0 Å². The Kier molecular flexibility index (Phi) is 2.68. The maximum absolute atomic E-state index is 11.1. The van der Waals surface area contributed by atoms with Gasteiger partial charge >= 0.3 is 5.97 Å². The van der Waals surface area contributed by atoms with E-state index in [4.69, 9.17) is 5.11 Å². The lowest BCUT2D eigenvalue weighted by molar-refractivity contribution is -0.140. The third-order valence-corrected chi connectivity index (χ3v) is 1.99. The van der Waals surface area contributed by atoms with E-state index in [1.165, 1.54) is 0 Å². The second-order valence-electron chi connectivity index (χ2n) is 3.08. The monoisotopic (exact) mass is 171 g/mol. The first-order chi connectivity index (χ1) is 5.66. The maximum atomic E-state index is 11.1. The Morgan fingerprint density at radius 3 is 2.58 bits per heavy atom. The number of carbonyl (C=O) groups excluding carboxylic acids is 1. The minimum Gasteiger partial charge on any atom is -0.481 e. The van der Waals surface area contributed by atoms with Crippen molar-refractivity contribution in [3.8, 4) is 0 Å². The van der Waals surface area contributed by atoms with Crippen LogP contribution in [0.15, 0.2) is 0 Å². The molecule has 0 saturated heterocycles. The summed E-state index contributed by atoms with van der Waals surface area (Å²) in [5.74, 6) is -1.66. The van der Waals surface area contributed by atoms with Gasteiger partial charge in [-0.1, -0.05) is 6.92 Å². The molecule has 0 aromatic heterocycles. The van der Waals surface area contributed by atoms with Gasteiger partial charge < -0.3 is 10.4 Å². The second-order valence-corrected chi connectivity index (χ2v) is 3.08. The number of hydrogen-bond donors (Lipinski definition) is 2. The van der Waals surface area contributed by atoms with Crippen LogP contribution in [-0.2, 0) is 9.59 Å². The van der Waals surface area contributed by atoms with E-state index in [2.05, 4.69) is 5.32 Å². The highest BCUT2D eigenvalue weighted by Crippen LogP contribution is 2.38. The van der Waals surface area contributed by atoms with E-state index in [0.29, 0.717) is 13.0 Å². The first-order valence-corrected chi connectivity index (χ1v) is 4.17. The highest BCUT2D eigenvalue weighted by Gasteiger charge is 2.48. The van der Waals surface area contributed by atoms with Crippen molar-refractivity contribution in [2.45, 2.75) is 19.8 Å². The fourth-order valence-corrected chi connectivity index (χ4v) is 1.14. The molecule has 1 fully saturated rings. The molecule has 4 nitrogen and oxygen atoms in total. The number of amides is 1. The quantitative estimate of drug-likeness (QED) is 0.636. The van der Waals surface area contributed by atoms with Gasteiger partial charge in [-0.25, -0.2) is 0 Å². The third-order valence-electron chi connectivity index (χ3n) is 1.99. The molecule has 0 bridgehead atoms. The zero-order chi connectivity index (χ0) is 9.14. The van der Waals surface area contributed by atoms with E-state index < -0.39 is 11.9 Å². The standard InChI is InChI=1S/C8H13NO3/c1-2-3-9-7(10)5-4-6(5)8(11)12/h5-6H,2-4H2,1H3,(H,9,10)(H,11,12)/t5-,6-/m1/s1. The molecule has 4 heteroatoms. The lowest BCUT2D eigenvalue weighted by atomic mass is 10.3. The van der Waals surface area contributed by atoms with Gasteiger partial charge in [0.05, 0.1) is 11.8 Å². The summed E-state index contributed by atoms with van der Waals surface area (Å²) >= 11 is 0. The summed E-state index contributed by atoms with van der Waals surface area (Å²) in [6, 6.07) is 0. The predicted octanol–water partition coefficient (Wildman–Crippen LogP) is 0.233. The van der Waals surface area contributed by atoms with Crippen LogP contribution in [0.2, 0.25) is 0 Å². The van der Waals surface area contributed by atoms with Gasteiger partial charge in [-0.05, 0) is 12.8 Å². The van der Waals surface area contributed by atoms with Crippen molar-refractivity contribution in [2.75, 3.05) is 6.54 Å². The summed E-state index contributed by atoms with van der Waals surface area (Å²) in [5, 5.41) is 11.2. The Morgan fingerprint density at radius 2 is 2.17 bits per heavy atom. The molecule has 1 saturated carbocycles. The van der Waals surface area contributed by atoms with Gasteiger partial charge in [-0.3, -0.25) is 9.59 Å². The number of hydrogen-bond acceptors (Lipinski definition) is 2. The van der Waals surface area contributed by atoms with Crippen molar-refractivity contribution in [1.82, 2.24) is 5.32 Å². The summed E-state index contributed by atoms with van der Waals surface area (Å²) < 4.78 is 0. The summed E-state index contributed by atoms with van der Waals surface area (Å²) in [5.41, 5.74) is 0. The molecule has 68 valence electrons. The molecule has 1 amide bonds. The lowest BCUT2D eigenvalue weighted by Crippen LogP contribution is -2.26. The zero-order valence-corrected chi connectivity index (χ0v) is 7.04. The molecule has 12 heavy (non-hydrogen) atoms. The molecule has 2 atom stereocenters. The second kappa shape index (κ2) is 3.56. The molecular formula is C8H13NO3. The Labute approximate surface area is 71.0 Å². The third kappa shape index (κ3) is 1.96. The Balaban J connectivity index is 2.24. The van der Waals surface area contributed by atoms with Crippen molar-refractivity contribution < 1.29 is 14.7 Å². The molecule has 2 N–H and O–H groups in total. The number of aliphatic carboxylic acids is 1. The van der Waals surface area contributed by atoms with Crippen molar-refractivity contribution in [1.29, 1.82) is 0 Å². The molecule has 0 radical (unpaired) electrons. The maximum Gasteiger partial charge on any atom is 0.307 e. The van der Waals surface area contributed by atoms with Crippen LogP contribution in [0.3, 0.4) is 0 Å². The van der Waals surface area contributed by atoms with Gasteiger partial charge in [-0.15, -0.1) is 0 Å². The summed E-state index contributed by atoms with van der Waals surface area (Å²) in [6.07, 6.45) is 1.39. The number of carboxylic acids is 1. The van der Waals surface area contributed by atoms with Gasteiger partial charge in [0, 0.05) is 6.54 Å². The van der Waals surface area contributed by atoms with Crippen LogP contribution < -0.4 is 5.32 Å². The lowest BCUT2D eigenvalue weighted by Gasteiger charge is -2.00. The predicted molar refractivity (Wildman–Crippen MR) is 42.5 cm³/mol. The molecule has 0 spiro atoms. The topological polar surface area (TPSA) is 66.4 Å². The average molecular weight is 171 g/mol. The minimum absolute atomic E-state index is 0.107. The Morgan fingerprint density at radius 1 is 1.50 bits per heavy atom. The van der Waals surface area contributed by atoms with E-state index >= 15 is 0 Å². The van der Waals surface area contributed by atoms with Gasteiger partial charge in [0.1, 0.15) is 0 Å². The first kappa shape index (κ1) is 9.03. The highest BCUT2D eigenvalue weighted by atomic mass is 16.4. The number of nitrogens with one attached hydrogen (secondary N) is 1. The van der Waals surface area contributed by atoms with Crippen LogP contribution in [0.1, 0.15) is 19.8 Å². The Hall–Kier alpha value is -1.06. The van der Waals surface area contributed by atoms with Crippen LogP contribution in [0.5, 0.6) is 0 Å². The molecule has 0 unspecified atom stereocenters. The van der Waals surface area contributed by atoms with Crippen molar-refractivity contribution in [3.05, 3.63) is 0 Å². The van der Waals surface area contributed by atoms with E-state index in [0.717, 1.165) is 6.42 Å². The van der Waals surface area contributed by atoms with Crippen LogP contribution in [0, 0.1) is 11.8 Å². The highest BCUT2D eigenvalue weighted by molar-refractivity contribution is 5.89. The summed E-state index contributed by atoms with van der Waals surface area (Å²) in [6.45, 7) is 2.60. The van der Waals surface area contributed by atoms with Gasteiger partial charge in [0.15, 0.2) is 0 Å². The fraction of sp³-hybridized carbons (Fsp3) is 0.750. The van der Waals surface area contributed by atoms with Crippen molar-refractivity contribution in [2.24, 2.45) is 11.8 Å². The molecule has 0 aromatic rings. The molecule has 1 rings (SSSR count). The molecule has 0 heterocycles. The average Bonchev–Trinajstić information content (AvgIpc) is 2.78. The Bertz CT molecular complexity index is 202. The molecule has 0 aromatic carbocycles. The van der Waals surface area contributed by atoms with Crippen LogP contribution in [0.25, 0.3) is 0 Å². The van der Waals surface area contributed by atoms with E-state index in [-0.39, 0.29) is 11.8 Å². The molecule has 1 aliphatic rings. The summed E-state index contributed by atoms with van der Waals surface area (Å²) in [7, 11) is 0. The normalized spacial score (nSPS) is 26.4. The van der Waals surface area contributed by atoms with Gasteiger partial charge in [0.25, 0.3) is 0 Å². The largest absolute Gasteiger partial charge is 0.481 e. The zero-order valence-electron chi connectivity index (χ0n) is 7.04. The van der Waals surface area contributed by atoms with E-state index in [1.54, 1.807) is 0 Å². The SMILES string of the molecule is CCCNC(=O)[C@@H]1C[C@H]1C(=O)O. The van der Waals surface area contributed by atoms with Gasteiger partial charge in [-0.2, -0.15) is 0 Å². The van der Waals surface area contributed by atoms with E-state index in [9.17, 15) is 9.59 Å². The van der Waals surface area contributed by atoms with Crippen LogP contribution in [-0.4, -0.2) is 23.5 Å². The molecule has 0 aliphatic heterocycles. The molecule has 1 aliphatic carbocycles. The summed E-state index contributed by atoms with van der Waals surface area (Å²) in [4.78, 5) is 21.5. The smallest absolute Gasteiger partial charge is 0.307 e. The molecular weight excluding hydrogens is 158 g/mol. The van der Waals surface area contributed by atoms with Gasteiger partial charge in [0.2, 0.25) is 5.91 Å². The number of carbonyl (C=O) groups is 2.